The van der Waals surface area contributed by atoms with Gasteiger partial charge in [-0.3, -0.25) is 0 Å². The third-order valence-corrected chi connectivity index (χ3v) is 1.34. The zero-order valence-corrected chi connectivity index (χ0v) is 6.93. The van der Waals surface area contributed by atoms with Gasteiger partial charge in [-0.15, -0.1) is 17.0 Å². The molecule has 48 valence electrons. The summed E-state index contributed by atoms with van der Waals surface area (Å²) in [7, 11) is 4.21. The summed E-state index contributed by atoms with van der Waals surface area (Å²) in [5.74, 6) is 0. The van der Waals surface area contributed by atoms with Crippen LogP contribution in [-0.2, 0) is 0 Å². The third kappa shape index (κ3) is 1.58. The molecule has 1 heterocycles. The van der Waals surface area contributed by atoms with Gasteiger partial charge in [0.2, 0.25) is 0 Å². The van der Waals surface area contributed by atoms with Crippen molar-refractivity contribution in [3.63, 3.8) is 0 Å². The summed E-state index contributed by atoms with van der Waals surface area (Å²) in [5.41, 5.74) is 0. The minimum Gasteiger partial charge on any atom is -0.232 e. The molecule has 8 heavy (non-hydrogen) atoms. The van der Waals surface area contributed by atoms with Crippen LogP contribution in [0.3, 0.4) is 0 Å². The second-order valence-corrected chi connectivity index (χ2v) is 1.92. The molecule has 0 bridgehead atoms. The molecule has 1 aliphatic rings. The van der Waals surface area contributed by atoms with E-state index in [9.17, 15) is 0 Å². The lowest BCUT2D eigenvalue weighted by Crippen LogP contribution is -3.09. The number of likely N-dealkylation sites (N-methyl/N-ethyl adjacent to an activating group) is 1. The van der Waals surface area contributed by atoms with Crippen LogP contribution >= 0.6 is 17.0 Å². The maximum Gasteiger partial charge on any atom is 0.111 e. The van der Waals surface area contributed by atoms with Gasteiger partial charge >= 0.3 is 0 Å². The molecule has 1 atom stereocenters. The van der Waals surface area contributed by atoms with Crippen LogP contribution in [0.1, 0.15) is 0 Å². The minimum absolute atomic E-state index is 0. The Balaban J connectivity index is 0.000000490. The number of nitrogens with one attached hydrogen (secondary N) is 1. The van der Waals surface area contributed by atoms with Gasteiger partial charge in [0.05, 0.1) is 13.6 Å². The van der Waals surface area contributed by atoms with Crippen LogP contribution < -0.4 is 5.01 Å². The van der Waals surface area contributed by atoms with Crippen molar-refractivity contribution < 1.29 is 5.01 Å². The van der Waals surface area contributed by atoms with E-state index in [1.54, 1.807) is 0 Å². The van der Waals surface area contributed by atoms with Crippen LogP contribution in [0.2, 0.25) is 0 Å². The Hall–Kier alpha value is 0.140. The second kappa shape index (κ2) is 3.22. The van der Waals surface area contributed by atoms with Crippen LogP contribution in [0, 0.1) is 0 Å². The Morgan fingerprint density at radius 3 is 2.38 bits per heavy atom. The Labute approximate surface area is 60.5 Å². The van der Waals surface area contributed by atoms with Crippen LogP contribution in [0.25, 0.3) is 0 Å². The maximum atomic E-state index is 2.21. The minimum atomic E-state index is 0. The number of nitrogens with zero attached hydrogens (tertiary/aromatic N) is 1. The van der Waals surface area contributed by atoms with Crippen molar-refractivity contribution in [1.82, 2.24) is 5.01 Å². The smallest absolute Gasteiger partial charge is 0.111 e. The first kappa shape index (κ1) is 8.14. The number of quaternary nitrogens is 1. The van der Waals surface area contributed by atoms with E-state index in [2.05, 4.69) is 31.4 Å². The zero-order valence-electron chi connectivity index (χ0n) is 5.22. The monoisotopic (exact) mass is 179 g/mol. The van der Waals surface area contributed by atoms with E-state index in [1.165, 1.54) is 5.01 Å². The van der Waals surface area contributed by atoms with Crippen molar-refractivity contribution in [2.24, 2.45) is 0 Å². The van der Waals surface area contributed by atoms with Gasteiger partial charge in [-0.2, -0.15) is 5.01 Å². The van der Waals surface area contributed by atoms with Crippen LogP contribution in [0.4, 0.5) is 0 Å². The fraction of sp³-hybridized carbons (Fsp3) is 0.600. The highest BCUT2D eigenvalue weighted by molar-refractivity contribution is 8.93. The van der Waals surface area contributed by atoms with Gasteiger partial charge in [0.25, 0.3) is 0 Å². The van der Waals surface area contributed by atoms with Crippen molar-refractivity contribution in [3.8, 4) is 0 Å². The first-order valence-corrected chi connectivity index (χ1v) is 2.52. The van der Waals surface area contributed by atoms with Crippen molar-refractivity contribution in [3.05, 3.63) is 12.3 Å². The average Bonchev–Trinajstić information content (AvgIpc) is 1.91. The first-order chi connectivity index (χ1) is 3.30. The summed E-state index contributed by atoms with van der Waals surface area (Å²) < 4.78 is 0. The highest BCUT2D eigenvalue weighted by atomic mass is 79.9. The third-order valence-electron chi connectivity index (χ3n) is 1.34. The maximum absolute atomic E-state index is 2.21. The molecule has 0 aromatic carbocycles. The van der Waals surface area contributed by atoms with Crippen LogP contribution in [0.15, 0.2) is 12.3 Å². The van der Waals surface area contributed by atoms with Crippen molar-refractivity contribution in [2.75, 3.05) is 20.6 Å². The second-order valence-electron chi connectivity index (χ2n) is 1.92. The number of halogens is 1. The molecular formula is C5H12BrN2+. The summed E-state index contributed by atoms with van der Waals surface area (Å²) in [6.45, 7) is 1.09. The molecule has 0 spiro atoms. The Morgan fingerprint density at radius 1 is 1.62 bits per heavy atom. The lowest BCUT2D eigenvalue weighted by Gasteiger charge is -2.11. The molecule has 2 nitrogen and oxygen atoms in total. The van der Waals surface area contributed by atoms with Gasteiger partial charge in [0.15, 0.2) is 0 Å². The normalized spacial score (nSPS) is 28.0. The Bertz CT molecular complexity index is 92.4. The predicted octanol–water partition coefficient (Wildman–Crippen LogP) is -0.547. The predicted molar refractivity (Wildman–Crippen MR) is 39.0 cm³/mol. The Morgan fingerprint density at radius 2 is 2.25 bits per heavy atom. The lowest BCUT2D eigenvalue weighted by atomic mass is 10.6. The Kier molecular flexibility index (Phi) is 3.28. The quantitative estimate of drug-likeness (QED) is 0.525. The first-order valence-electron chi connectivity index (χ1n) is 2.52. The average molecular weight is 180 g/mol. The summed E-state index contributed by atoms with van der Waals surface area (Å²) in [4.78, 5) is 0. The summed E-state index contributed by atoms with van der Waals surface area (Å²) in [5, 5.41) is 3.57. The molecule has 1 N–H and O–H groups in total. The fourth-order valence-electron chi connectivity index (χ4n) is 0.653. The molecule has 0 saturated heterocycles. The molecule has 3 heteroatoms. The molecule has 1 aliphatic heterocycles. The lowest BCUT2D eigenvalue weighted by molar-refractivity contribution is -0.941. The van der Waals surface area contributed by atoms with Crippen molar-refractivity contribution in [2.45, 2.75) is 0 Å². The molecule has 0 aliphatic carbocycles. The number of hydrogen-bond acceptors (Lipinski definition) is 1. The largest absolute Gasteiger partial charge is 0.232 e. The molecule has 1 rings (SSSR count). The van der Waals surface area contributed by atoms with E-state index in [0.29, 0.717) is 0 Å². The van der Waals surface area contributed by atoms with E-state index in [4.69, 9.17) is 0 Å². The van der Waals surface area contributed by atoms with Gasteiger partial charge in [0, 0.05) is 7.05 Å². The van der Waals surface area contributed by atoms with E-state index >= 15 is 0 Å². The molecule has 0 amide bonds. The molecule has 0 fully saturated rings. The fourth-order valence-corrected chi connectivity index (χ4v) is 0.653. The van der Waals surface area contributed by atoms with E-state index in [-0.39, 0.29) is 17.0 Å². The van der Waals surface area contributed by atoms with Gasteiger partial charge in [-0.25, -0.2) is 5.01 Å². The van der Waals surface area contributed by atoms with E-state index in [1.807, 2.05) is 0 Å². The standard InChI is InChI=1S/C5H10N2.BrH/c1-6-4-3-5-7(6)2;/h3-4H,5H2,1-2H3;1H/p+1. The highest BCUT2D eigenvalue weighted by Crippen LogP contribution is 1.76. The van der Waals surface area contributed by atoms with E-state index < -0.39 is 0 Å². The van der Waals surface area contributed by atoms with Crippen molar-refractivity contribution >= 4 is 17.0 Å². The van der Waals surface area contributed by atoms with Gasteiger partial charge < -0.3 is 0 Å². The molecule has 0 saturated carbocycles. The zero-order chi connectivity index (χ0) is 5.28. The summed E-state index contributed by atoms with van der Waals surface area (Å²) in [6.07, 6.45) is 4.30. The summed E-state index contributed by atoms with van der Waals surface area (Å²) in [6, 6.07) is 0. The number of hydrogen-bond donors (Lipinski definition) is 1. The highest BCUT2D eigenvalue weighted by Gasteiger charge is 2.09. The number of rotatable bonds is 0. The topological polar surface area (TPSA) is 7.68 Å². The van der Waals surface area contributed by atoms with Gasteiger partial charge in [-0.1, -0.05) is 0 Å². The molecule has 0 aromatic heterocycles. The van der Waals surface area contributed by atoms with Gasteiger partial charge in [0.1, 0.15) is 6.20 Å². The molecule has 1 unspecified atom stereocenters. The van der Waals surface area contributed by atoms with Crippen LogP contribution in [0.5, 0.6) is 0 Å². The molecule has 0 aromatic rings. The summed E-state index contributed by atoms with van der Waals surface area (Å²) >= 11 is 0. The molecular weight excluding hydrogens is 168 g/mol. The van der Waals surface area contributed by atoms with Gasteiger partial charge in [-0.05, 0) is 6.08 Å². The van der Waals surface area contributed by atoms with Crippen molar-refractivity contribution in [1.29, 1.82) is 0 Å². The van der Waals surface area contributed by atoms with Crippen LogP contribution in [-0.4, -0.2) is 25.6 Å². The van der Waals surface area contributed by atoms with E-state index in [0.717, 1.165) is 6.54 Å². The molecule has 0 radical (unpaired) electrons. The SMILES string of the molecule is Br.CN1CC=C[NH+]1C.